The van der Waals surface area contributed by atoms with E-state index in [0.29, 0.717) is 0 Å². The largest absolute Gasteiger partial charge is 0.322 e. The van der Waals surface area contributed by atoms with Crippen LogP contribution in [-0.2, 0) is 6.54 Å². The SMILES string of the molecule is CC(N)c1nnnn1CC1CCCC1. The highest BCUT2D eigenvalue weighted by Crippen LogP contribution is 2.26. The van der Waals surface area contributed by atoms with Crippen molar-refractivity contribution in [3.63, 3.8) is 0 Å². The van der Waals surface area contributed by atoms with E-state index in [1.807, 2.05) is 11.6 Å². The number of tetrazole rings is 1. The lowest BCUT2D eigenvalue weighted by Gasteiger charge is -2.11. The standard InChI is InChI=1S/C9H17N5/c1-7(10)9-11-12-13-14(9)6-8-4-2-3-5-8/h7-8H,2-6,10H2,1H3. The molecule has 2 rings (SSSR count). The molecule has 1 atom stereocenters. The van der Waals surface area contributed by atoms with Crippen LogP contribution in [0.2, 0.25) is 0 Å². The first-order valence-corrected chi connectivity index (χ1v) is 5.29. The fourth-order valence-corrected chi connectivity index (χ4v) is 2.11. The molecule has 1 aliphatic rings. The van der Waals surface area contributed by atoms with Crippen molar-refractivity contribution < 1.29 is 0 Å². The van der Waals surface area contributed by atoms with E-state index < -0.39 is 0 Å². The van der Waals surface area contributed by atoms with Crippen LogP contribution in [0.25, 0.3) is 0 Å². The number of aromatic nitrogens is 4. The fraction of sp³-hybridized carbons (Fsp3) is 0.889. The maximum absolute atomic E-state index is 5.77. The van der Waals surface area contributed by atoms with Crippen LogP contribution >= 0.6 is 0 Å². The zero-order valence-corrected chi connectivity index (χ0v) is 8.56. The lowest BCUT2D eigenvalue weighted by molar-refractivity contribution is 0.406. The Morgan fingerprint density at radius 2 is 2.21 bits per heavy atom. The van der Waals surface area contributed by atoms with Crippen molar-refractivity contribution in [1.82, 2.24) is 20.2 Å². The second kappa shape index (κ2) is 4.04. The molecule has 0 radical (unpaired) electrons. The first kappa shape index (κ1) is 9.58. The van der Waals surface area contributed by atoms with Gasteiger partial charge >= 0.3 is 0 Å². The molecule has 5 heteroatoms. The van der Waals surface area contributed by atoms with Gasteiger partial charge < -0.3 is 5.73 Å². The molecule has 1 aromatic heterocycles. The van der Waals surface area contributed by atoms with Gasteiger partial charge in [0.2, 0.25) is 0 Å². The lowest BCUT2D eigenvalue weighted by atomic mass is 10.1. The Morgan fingerprint density at radius 1 is 1.50 bits per heavy atom. The third-order valence-corrected chi connectivity index (χ3v) is 2.87. The topological polar surface area (TPSA) is 69.6 Å². The van der Waals surface area contributed by atoms with Gasteiger partial charge in [0.05, 0.1) is 6.04 Å². The van der Waals surface area contributed by atoms with Crippen molar-refractivity contribution in [2.75, 3.05) is 0 Å². The summed E-state index contributed by atoms with van der Waals surface area (Å²) >= 11 is 0. The van der Waals surface area contributed by atoms with E-state index >= 15 is 0 Å². The van der Waals surface area contributed by atoms with Gasteiger partial charge in [0.15, 0.2) is 5.82 Å². The summed E-state index contributed by atoms with van der Waals surface area (Å²) in [7, 11) is 0. The molecular formula is C9H17N5. The smallest absolute Gasteiger partial charge is 0.167 e. The Morgan fingerprint density at radius 3 is 2.86 bits per heavy atom. The summed E-state index contributed by atoms with van der Waals surface area (Å²) in [6.45, 7) is 2.85. The summed E-state index contributed by atoms with van der Waals surface area (Å²) in [5.41, 5.74) is 5.77. The molecule has 0 aliphatic heterocycles. The van der Waals surface area contributed by atoms with Crippen LogP contribution in [0.1, 0.15) is 44.5 Å². The highest BCUT2D eigenvalue weighted by Gasteiger charge is 2.18. The van der Waals surface area contributed by atoms with E-state index in [0.717, 1.165) is 18.3 Å². The summed E-state index contributed by atoms with van der Waals surface area (Å²) in [6.07, 6.45) is 5.30. The van der Waals surface area contributed by atoms with Gasteiger partial charge in [-0.2, -0.15) is 0 Å². The third-order valence-electron chi connectivity index (χ3n) is 2.87. The number of hydrogen-bond donors (Lipinski definition) is 1. The van der Waals surface area contributed by atoms with Gasteiger partial charge in [-0.15, -0.1) is 5.10 Å². The minimum atomic E-state index is -0.0774. The molecule has 1 unspecified atom stereocenters. The van der Waals surface area contributed by atoms with Crippen LogP contribution in [0.3, 0.4) is 0 Å². The molecule has 0 spiro atoms. The second-order valence-corrected chi connectivity index (χ2v) is 4.16. The minimum absolute atomic E-state index is 0.0774. The van der Waals surface area contributed by atoms with Crippen LogP contribution in [0.5, 0.6) is 0 Å². The van der Waals surface area contributed by atoms with Crippen molar-refractivity contribution >= 4 is 0 Å². The molecule has 14 heavy (non-hydrogen) atoms. The quantitative estimate of drug-likeness (QED) is 0.777. The maximum Gasteiger partial charge on any atom is 0.167 e. The van der Waals surface area contributed by atoms with Crippen molar-refractivity contribution in [2.24, 2.45) is 11.7 Å². The van der Waals surface area contributed by atoms with Gasteiger partial charge in [0.1, 0.15) is 0 Å². The zero-order valence-electron chi connectivity index (χ0n) is 8.56. The average molecular weight is 195 g/mol. The third kappa shape index (κ3) is 1.92. The Bertz CT molecular complexity index is 287. The Balaban J connectivity index is 2.04. The van der Waals surface area contributed by atoms with Crippen LogP contribution in [0.4, 0.5) is 0 Å². The Kier molecular flexibility index (Phi) is 2.77. The van der Waals surface area contributed by atoms with Gasteiger partial charge in [-0.1, -0.05) is 12.8 Å². The van der Waals surface area contributed by atoms with Crippen molar-refractivity contribution in [3.8, 4) is 0 Å². The van der Waals surface area contributed by atoms with Gasteiger partial charge in [-0.3, -0.25) is 0 Å². The molecule has 2 N–H and O–H groups in total. The van der Waals surface area contributed by atoms with Gasteiger partial charge in [0.25, 0.3) is 0 Å². The summed E-state index contributed by atoms with van der Waals surface area (Å²) in [4.78, 5) is 0. The number of hydrogen-bond acceptors (Lipinski definition) is 4. The van der Waals surface area contributed by atoms with Gasteiger partial charge in [-0.05, 0) is 36.1 Å². The van der Waals surface area contributed by atoms with Crippen LogP contribution in [0.15, 0.2) is 0 Å². The Hall–Kier alpha value is -0.970. The predicted molar refractivity (Wildman–Crippen MR) is 52.4 cm³/mol. The molecule has 1 heterocycles. The lowest BCUT2D eigenvalue weighted by Crippen LogP contribution is -2.17. The predicted octanol–water partition coefficient (Wildman–Crippen LogP) is 0.883. The summed E-state index contributed by atoms with van der Waals surface area (Å²) < 4.78 is 1.86. The molecule has 1 fully saturated rings. The molecular weight excluding hydrogens is 178 g/mol. The number of rotatable bonds is 3. The molecule has 0 saturated heterocycles. The van der Waals surface area contributed by atoms with E-state index in [9.17, 15) is 0 Å². The first-order valence-electron chi connectivity index (χ1n) is 5.29. The average Bonchev–Trinajstić information content (AvgIpc) is 2.75. The fourth-order valence-electron chi connectivity index (χ4n) is 2.11. The highest BCUT2D eigenvalue weighted by molar-refractivity contribution is 4.88. The minimum Gasteiger partial charge on any atom is -0.322 e. The first-order chi connectivity index (χ1) is 6.77. The van der Waals surface area contributed by atoms with Crippen molar-refractivity contribution in [3.05, 3.63) is 5.82 Å². The van der Waals surface area contributed by atoms with Crippen molar-refractivity contribution in [2.45, 2.75) is 45.2 Å². The summed E-state index contributed by atoms with van der Waals surface area (Å²) in [5, 5.41) is 11.6. The van der Waals surface area contributed by atoms with Gasteiger partial charge in [0, 0.05) is 6.54 Å². The molecule has 5 nitrogen and oxygen atoms in total. The molecule has 1 aromatic rings. The normalized spacial score (nSPS) is 20.1. The molecule has 0 aromatic carbocycles. The summed E-state index contributed by atoms with van der Waals surface area (Å²) in [5.74, 6) is 1.55. The molecule has 0 amide bonds. The monoisotopic (exact) mass is 195 g/mol. The van der Waals surface area contributed by atoms with Crippen LogP contribution < -0.4 is 5.73 Å². The molecule has 0 bridgehead atoms. The molecule has 78 valence electrons. The van der Waals surface area contributed by atoms with E-state index in [4.69, 9.17) is 5.73 Å². The highest BCUT2D eigenvalue weighted by atomic mass is 15.5. The van der Waals surface area contributed by atoms with Crippen LogP contribution in [0, 0.1) is 5.92 Å². The maximum atomic E-state index is 5.77. The van der Waals surface area contributed by atoms with Gasteiger partial charge in [-0.25, -0.2) is 4.68 Å². The zero-order chi connectivity index (χ0) is 9.97. The Labute approximate surface area is 83.7 Å². The van der Waals surface area contributed by atoms with E-state index in [-0.39, 0.29) is 6.04 Å². The summed E-state index contributed by atoms with van der Waals surface area (Å²) in [6, 6.07) is -0.0774. The van der Waals surface area contributed by atoms with Crippen molar-refractivity contribution in [1.29, 1.82) is 0 Å². The molecule has 1 aliphatic carbocycles. The van der Waals surface area contributed by atoms with E-state index in [1.54, 1.807) is 0 Å². The van der Waals surface area contributed by atoms with E-state index in [2.05, 4.69) is 15.5 Å². The second-order valence-electron chi connectivity index (χ2n) is 4.16. The number of nitrogens with two attached hydrogens (primary N) is 1. The molecule has 1 saturated carbocycles. The number of nitrogens with zero attached hydrogens (tertiary/aromatic N) is 4. The van der Waals surface area contributed by atoms with E-state index in [1.165, 1.54) is 25.7 Å². The van der Waals surface area contributed by atoms with Crippen LogP contribution in [-0.4, -0.2) is 20.2 Å².